The SMILES string of the molecule is Cn1cnnc1CNc1nc(C(F)(F)F)ccc1C(=O)O. The lowest BCUT2D eigenvalue weighted by atomic mass is 10.2. The van der Waals surface area contributed by atoms with Crippen molar-refractivity contribution in [3.8, 4) is 0 Å². The fourth-order valence-corrected chi connectivity index (χ4v) is 1.55. The van der Waals surface area contributed by atoms with Crippen LogP contribution >= 0.6 is 0 Å². The third-order valence-electron chi connectivity index (χ3n) is 2.64. The summed E-state index contributed by atoms with van der Waals surface area (Å²) < 4.78 is 39.4. The van der Waals surface area contributed by atoms with Crippen molar-refractivity contribution < 1.29 is 23.1 Å². The zero-order chi connectivity index (χ0) is 15.6. The van der Waals surface area contributed by atoms with Gasteiger partial charge in [-0.2, -0.15) is 13.2 Å². The Hall–Kier alpha value is -2.65. The highest BCUT2D eigenvalue weighted by molar-refractivity contribution is 5.93. The number of aromatic carboxylic acids is 1. The zero-order valence-corrected chi connectivity index (χ0v) is 10.7. The molecule has 0 atom stereocenters. The number of halogens is 3. The van der Waals surface area contributed by atoms with Crippen LogP contribution in [0.2, 0.25) is 0 Å². The van der Waals surface area contributed by atoms with Gasteiger partial charge in [0.05, 0.1) is 6.54 Å². The number of alkyl halides is 3. The summed E-state index contributed by atoms with van der Waals surface area (Å²) in [6.45, 7) is -0.00884. The second kappa shape index (κ2) is 5.38. The Kier molecular flexibility index (Phi) is 3.78. The number of carboxylic acid groups (broad SMARTS) is 1. The van der Waals surface area contributed by atoms with Crippen LogP contribution in [0.5, 0.6) is 0 Å². The van der Waals surface area contributed by atoms with Crippen LogP contribution in [-0.4, -0.2) is 30.8 Å². The molecule has 0 fully saturated rings. The number of nitrogens with zero attached hydrogens (tertiary/aromatic N) is 4. The molecule has 0 spiro atoms. The summed E-state index contributed by atoms with van der Waals surface area (Å²) in [7, 11) is 1.65. The van der Waals surface area contributed by atoms with E-state index in [0.29, 0.717) is 11.9 Å². The number of pyridine rings is 1. The first-order valence-electron chi connectivity index (χ1n) is 5.67. The molecule has 0 saturated heterocycles. The Labute approximate surface area is 116 Å². The predicted octanol–water partition coefficient (Wildman–Crippen LogP) is 1.54. The van der Waals surface area contributed by atoms with Crippen molar-refractivity contribution in [3.05, 3.63) is 35.5 Å². The number of anilines is 1. The van der Waals surface area contributed by atoms with Crippen LogP contribution in [0.1, 0.15) is 21.9 Å². The van der Waals surface area contributed by atoms with Gasteiger partial charge < -0.3 is 15.0 Å². The van der Waals surface area contributed by atoms with E-state index in [1.165, 1.54) is 6.33 Å². The molecule has 0 aromatic carbocycles. The lowest BCUT2D eigenvalue weighted by molar-refractivity contribution is -0.141. The van der Waals surface area contributed by atoms with E-state index < -0.39 is 17.8 Å². The molecule has 0 amide bonds. The number of carbonyl (C=O) groups is 1. The van der Waals surface area contributed by atoms with Crippen LogP contribution in [0, 0.1) is 0 Å². The number of hydrogen-bond donors (Lipinski definition) is 2. The Bertz CT molecular complexity index is 668. The second-order valence-electron chi connectivity index (χ2n) is 4.11. The number of hydrogen-bond acceptors (Lipinski definition) is 5. The van der Waals surface area contributed by atoms with Gasteiger partial charge in [-0.3, -0.25) is 0 Å². The molecule has 0 aliphatic carbocycles. The first-order chi connectivity index (χ1) is 9.79. The molecule has 10 heteroatoms. The van der Waals surface area contributed by atoms with Gasteiger partial charge in [0, 0.05) is 7.05 Å². The lowest BCUT2D eigenvalue weighted by Crippen LogP contribution is -2.15. The monoisotopic (exact) mass is 301 g/mol. The normalized spacial score (nSPS) is 11.4. The van der Waals surface area contributed by atoms with E-state index in [-0.39, 0.29) is 17.9 Å². The number of carboxylic acids is 1. The lowest BCUT2D eigenvalue weighted by Gasteiger charge is -2.11. The van der Waals surface area contributed by atoms with Gasteiger partial charge in [-0.25, -0.2) is 9.78 Å². The molecule has 0 bridgehead atoms. The fourth-order valence-electron chi connectivity index (χ4n) is 1.55. The minimum absolute atomic E-state index is 0.00884. The summed E-state index contributed by atoms with van der Waals surface area (Å²) in [4.78, 5) is 14.3. The molecule has 7 nitrogen and oxygen atoms in total. The Morgan fingerprint density at radius 3 is 2.67 bits per heavy atom. The van der Waals surface area contributed by atoms with Gasteiger partial charge in [0.15, 0.2) is 5.82 Å². The van der Waals surface area contributed by atoms with Gasteiger partial charge in [0.2, 0.25) is 0 Å². The molecule has 0 radical (unpaired) electrons. The molecule has 0 aliphatic heterocycles. The number of nitrogens with one attached hydrogen (secondary N) is 1. The Morgan fingerprint density at radius 2 is 2.14 bits per heavy atom. The summed E-state index contributed by atoms with van der Waals surface area (Å²) in [5.41, 5.74) is -1.53. The molecule has 2 aromatic rings. The molecule has 2 aromatic heterocycles. The molecular weight excluding hydrogens is 291 g/mol. The maximum atomic E-state index is 12.6. The predicted molar refractivity (Wildman–Crippen MR) is 64.5 cm³/mol. The quantitative estimate of drug-likeness (QED) is 0.890. The highest BCUT2D eigenvalue weighted by Gasteiger charge is 2.33. The van der Waals surface area contributed by atoms with Crippen molar-refractivity contribution in [2.24, 2.45) is 7.05 Å². The fraction of sp³-hybridized carbons (Fsp3) is 0.273. The molecule has 2 heterocycles. The average Bonchev–Trinajstić information content (AvgIpc) is 2.80. The van der Waals surface area contributed by atoms with Crippen molar-refractivity contribution in [1.29, 1.82) is 0 Å². The smallest absolute Gasteiger partial charge is 0.433 e. The maximum Gasteiger partial charge on any atom is 0.433 e. The van der Waals surface area contributed by atoms with Crippen molar-refractivity contribution in [2.75, 3.05) is 5.32 Å². The summed E-state index contributed by atoms with van der Waals surface area (Å²) in [5, 5.41) is 18.8. The van der Waals surface area contributed by atoms with Crippen LogP contribution in [0.25, 0.3) is 0 Å². The van der Waals surface area contributed by atoms with Gasteiger partial charge in [-0.15, -0.1) is 10.2 Å². The van der Waals surface area contributed by atoms with Gasteiger partial charge in [0.1, 0.15) is 23.4 Å². The van der Waals surface area contributed by atoms with E-state index in [0.717, 1.165) is 6.07 Å². The molecule has 112 valence electrons. The molecule has 2 rings (SSSR count). The summed E-state index contributed by atoms with van der Waals surface area (Å²) >= 11 is 0. The van der Waals surface area contributed by atoms with Crippen molar-refractivity contribution in [3.63, 3.8) is 0 Å². The van der Waals surface area contributed by atoms with E-state index in [1.807, 2.05) is 0 Å². The molecule has 0 unspecified atom stereocenters. The molecule has 21 heavy (non-hydrogen) atoms. The maximum absolute atomic E-state index is 12.6. The second-order valence-corrected chi connectivity index (χ2v) is 4.11. The molecular formula is C11H10F3N5O2. The van der Waals surface area contributed by atoms with Crippen molar-refractivity contribution in [2.45, 2.75) is 12.7 Å². The minimum Gasteiger partial charge on any atom is -0.478 e. The van der Waals surface area contributed by atoms with Crippen LogP contribution in [0.15, 0.2) is 18.5 Å². The number of aromatic nitrogens is 4. The van der Waals surface area contributed by atoms with E-state index >= 15 is 0 Å². The van der Waals surface area contributed by atoms with E-state index in [1.54, 1.807) is 11.6 Å². The third-order valence-corrected chi connectivity index (χ3v) is 2.64. The van der Waals surface area contributed by atoms with Crippen LogP contribution in [-0.2, 0) is 19.8 Å². The van der Waals surface area contributed by atoms with Crippen LogP contribution in [0.3, 0.4) is 0 Å². The first-order valence-corrected chi connectivity index (χ1v) is 5.67. The number of aryl methyl sites for hydroxylation is 1. The molecule has 0 aliphatic rings. The zero-order valence-electron chi connectivity index (χ0n) is 10.7. The first kappa shape index (κ1) is 14.8. The van der Waals surface area contributed by atoms with E-state index in [4.69, 9.17) is 5.11 Å². The molecule has 0 saturated carbocycles. The van der Waals surface area contributed by atoms with Crippen LogP contribution < -0.4 is 5.32 Å². The number of rotatable bonds is 4. The summed E-state index contributed by atoms with van der Waals surface area (Å²) in [6.07, 6.45) is -3.24. The highest BCUT2D eigenvalue weighted by Crippen LogP contribution is 2.29. The standard InChI is InChI=1S/C11H10F3N5O2/c1-19-5-16-18-8(19)4-15-9-6(10(20)21)2-3-7(17-9)11(12,13)14/h2-3,5H,4H2,1H3,(H,15,17)(H,20,21). The minimum atomic E-state index is -4.65. The van der Waals surface area contributed by atoms with Crippen molar-refractivity contribution >= 4 is 11.8 Å². The van der Waals surface area contributed by atoms with E-state index in [2.05, 4.69) is 20.5 Å². The Balaban J connectivity index is 2.31. The van der Waals surface area contributed by atoms with Gasteiger partial charge in [0.25, 0.3) is 0 Å². The largest absolute Gasteiger partial charge is 0.478 e. The topological polar surface area (TPSA) is 92.9 Å². The van der Waals surface area contributed by atoms with Gasteiger partial charge in [-0.05, 0) is 12.1 Å². The molecule has 2 N–H and O–H groups in total. The third kappa shape index (κ3) is 3.27. The highest BCUT2D eigenvalue weighted by atomic mass is 19.4. The summed E-state index contributed by atoms with van der Waals surface area (Å²) in [6, 6.07) is 1.48. The summed E-state index contributed by atoms with van der Waals surface area (Å²) in [5.74, 6) is -1.33. The van der Waals surface area contributed by atoms with E-state index in [9.17, 15) is 18.0 Å². The van der Waals surface area contributed by atoms with Crippen LogP contribution in [0.4, 0.5) is 19.0 Å². The van der Waals surface area contributed by atoms with Gasteiger partial charge in [-0.1, -0.05) is 0 Å². The Morgan fingerprint density at radius 1 is 1.43 bits per heavy atom. The van der Waals surface area contributed by atoms with Crippen molar-refractivity contribution in [1.82, 2.24) is 19.7 Å². The van der Waals surface area contributed by atoms with Gasteiger partial charge >= 0.3 is 12.1 Å². The average molecular weight is 301 g/mol.